The van der Waals surface area contributed by atoms with E-state index in [-0.39, 0.29) is 43.1 Å². The summed E-state index contributed by atoms with van der Waals surface area (Å²) < 4.78 is 19.6. The molecular formula is C34H36FN5O5. The fourth-order valence-corrected chi connectivity index (χ4v) is 5.24. The van der Waals surface area contributed by atoms with Crippen LogP contribution in [0.1, 0.15) is 24.2 Å². The molecular weight excluding hydrogens is 577 g/mol. The maximum absolute atomic E-state index is 13.7. The number of amides is 5. The Hall–Kier alpha value is -5.16. The summed E-state index contributed by atoms with van der Waals surface area (Å²) in [5, 5.41) is 20.2. The smallest absolute Gasteiger partial charge is 0.323 e. The van der Waals surface area contributed by atoms with Gasteiger partial charge in [0.25, 0.3) is 5.91 Å². The number of halogens is 1. The monoisotopic (exact) mass is 613 g/mol. The predicted octanol–water partition coefficient (Wildman–Crippen LogP) is 6.01. The average Bonchev–Trinajstić information content (AvgIpc) is 3.03. The largest absolute Gasteiger partial charge is 0.487 e. The average molecular weight is 614 g/mol. The summed E-state index contributed by atoms with van der Waals surface area (Å²) >= 11 is 0. The molecule has 5 rings (SSSR count). The van der Waals surface area contributed by atoms with Gasteiger partial charge in [0.15, 0.2) is 0 Å². The molecule has 5 amide bonds. The van der Waals surface area contributed by atoms with E-state index in [0.29, 0.717) is 22.8 Å². The molecule has 10 nitrogen and oxygen atoms in total. The number of hydrogen-bond donors (Lipinski definition) is 4. The number of rotatable bonds is 7. The van der Waals surface area contributed by atoms with Gasteiger partial charge in [0, 0.05) is 36.3 Å². The van der Waals surface area contributed by atoms with Gasteiger partial charge in [-0.1, -0.05) is 43.3 Å². The summed E-state index contributed by atoms with van der Waals surface area (Å²) in [7, 11) is 1.68. The zero-order chi connectivity index (χ0) is 32.1. The van der Waals surface area contributed by atoms with Gasteiger partial charge in [-0.25, -0.2) is 14.0 Å². The highest BCUT2D eigenvalue weighted by atomic mass is 19.1. The van der Waals surface area contributed by atoms with Gasteiger partial charge in [0.1, 0.15) is 17.7 Å². The number of aliphatic hydroxyl groups excluding tert-OH is 1. The summed E-state index contributed by atoms with van der Waals surface area (Å²) in [5.74, 6) is -0.698. The van der Waals surface area contributed by atoms with Crippen molar-refractivity contribution >= 4 is 45.8 Å². The molecule has 3 atom stereocenters. The Balaban J connectivity index is 1.35. The molecule has 0 saturated heterocycles. The van der Waals surface area contributed by atoms with E-state index in [1.807, 2.05) is 49.4 Å². The first kappa shape index (κ1) is 31.3. The molecule has 1 heterocycles. The highest BCUT2D eigenvalue weighted by Crippen LogP contribution is 2.31. The molecule has 0 unspecified atom stereocenters. The van der Waals surface area contributed by atoms with Crippen molar-refractivity contribution in [2.24, 2.45) is 5.92 Å². The van der Waals surface area contributed by atoms with Crippen LogP contribution in [0.5, 0.6) is 5.75 Å². The Labute approximate surface area is 260 Å². The van der Waals surface area contributed by atoms with Gasteiger partial charge in [0.2, 0.25) is 0 Å². The summed E-state index contributed by atoms with van der Waals surface area (Å²) in [5.41, 5.74) is 1.63. The van der Waals surface area contributed by atoms with Crippen molar-refractivity contribution < 1.29 is 28.6 Å². The lowest BCUT2D eigenvalue weighted by Gasteiger charge is -2.38. The van der Waals surface area contributed by atoms with Gasteiger partial charge < -0.3 is 35.6 Å². The molecule has 0 saturated carbocycles. The molecule has 234 valence electrons. The maximum Gasteiger partial charge on any atom is 0.323 e. The number of urea groups is 2. The first-order valence-electron chi connectivity index (χ1n) is 14.7. The first-order chi connectivity index (χ1) is 21.6. The van der Waals surface area contributed by atoms with E-state index < -0.39 is 24.0 Å². The zero-order valence-electron chi connectivity index (χ0n) is 25.3. The molecule has 4 aromatic rings. The Morgan fingerprint density at radius 2 is 1.69 bits per heavy atom. The molecule has 1 aliphatic heterocycles. The van der Waals surface area contributed by atoms with Crippen LogP contribution >= 0.6 is 0 Å². The van der Waals surface area contributed by atoms with Crippen LogP contribution in [0.2, 0.25) is 0 Å². The number of carbonyl (C=O) groups excluding carboxylic acids is 3. The van der Waals surface area contributed by atoms with Crippen molar-refractivity contribution in [1.82, 2.24) is 9.80 Å². The zero-order valence-corrected chi connectivity index (χ0v) is 25.3. The van der Waals surface area contributed by atoms with E-state index in [4.69, 9.17) is 4.74 Å². The molecule has 0 aromatic heterocycles. The lowest BCUT2D eigenvalue weighted by Crippen LogP contribution is -2.50. The fourth-order valence-electron chi connectivity index (χ4n) is 5.24. The summed E-state index contributed by atoms with van der Waals surface area (Å²) in [6, 6.07) is 22.2. The molecule has 1 aliphatic rings. The second-order valence-corrected chi connectivity index (χ2v) is 11.3. The first-order valence-corrected chi connectivity index (χ1v) is 14.7. The third kappa shape index (κ3) is 7.32. The number of aliphatic hydroxyl groups is 1. The van der Waals surface area contributed by atoms with Crippen molar-refractivity contribution in [3.63, 3.8) is 0 Å². The molecule has 11 heteroatoms. The second-order valence-electron chi connectivity index (χ2n) is 11.3. The standard InChI is InChI=1S/C34H36FN5O5/c1-21-18-40(22(2)20-41)32(42)28-17-26(37-33(43)36-25-13-11-24(35)12-14-25)15-16-30(28)45-31(21)19-39(3)34(44)38-29-10-6-8-23-7-4-5-9-27(23)29/h4-17,21-22,31,41H,18-20H2,1-3H3,(H,38,44)(H2,36,37,43)/t21-,22-,31+/m0/s1. The van der Waals surface area contributed by atoms with Gasteiger partial charge in [-0.15, -0.1) is 0 Å². The highest BCUT2D eigenvalue weighted by Gasteiger charge is 2.34. The van der Waals surface area contributed by atoms with Crippen molar-refractivity contribution in [3.8, 4) is 5.75 Å². The Kier molecular flexibility index (Phi) is 9.48. The van der Waals surface area contributed by atoms with Gasteiger partial charge in [0.05, 0.1) is 30.4 Å². The van der Waals surface area contributed by atoms with Crippen LogP contribution in [0.15, 0.2) is 84.9 Å². The third-order valence-electron chi connectivity index (χ3n) is 7.86. The van der Waals surface area contributed by atoms with Crippen LogP contribution in [0.3, 0.4) is 0 Å². The summed E-state index contributed by atoms with van der Waals surface area (Å²) in [6.07, 6.45) is -0.505. The number of likely N-dealkylation sites (N-methyl/N-ethyl adjacent to an activating group) is 1. The van der Waals surface area contributed by atoms with Crippen molar-refractivity contribution in [2.45, 2.75) is 26.0 Å². The van der Waals surface area contributed by atoms with Crippen LogP contribution in [0.4, 0.5) is 31.0 Å². The van der Waals surface area contributed by atoms with E-state index in [9.17, 15) is 23.9 Å². The van der Waals surface area contributed by atoms with Crippen LogP contribution < -0.4 is 20.7 Å². The van der Waals surface area contributed by atoms with Gasteiger partial charge in [-0.3, -0.25) is 4.79 Å². The van der Waals surface area contributed by atoms with Crippen LogP contribution in [-0.4, -0.2) is 71.8 Å². The van der Waals surface area contributed by atoms with Gasteiger partial charge in [-0.2, -0.15) is 0 Å². The number of fused-ring (bicyclic) bond motifs is 2. The second kappa shape index (κ2) is 13.6. The minimum atomic E-state index is -0.577. The van der Waals surface area contributed by atoms with Gasteiger partial charge >= 0.3 is 12.1 Å². The SMILES string of the molecule is C[C@H]1CN([C@@H](C)CO)C(=O)c2cc(NC(=O)Nc3ccc(F)cc3)ccc2O[C@@H]1CN(C)C(=O)Nc1cccc2ccccc12. The predicted molar refractivity (Wildman–Crippen MR) is 172 cm³/mol. The summed E-state index contributed by atoms with van der Waals surface area (Å²) in [4.78, 5) is 42.8. The number of ether oxygens (including phenoxy) is 1. The number of nitrogens with one attached hydrogen (secondary N) is 3. The molecule has 45 heavy (non-hydrogen) atoms. The normalized spacial score (nSPS) is 16.9. The number of carbonyl (C=O) groups is 3. The van der Waals surface area contributed by atoms with Crippen LogP contribution in [0, 0.1) is 11.7 Å². The van der Waals surface area contributed by atoms with Crippen LogP contribution in [-0.2, 0) is 0 Å². The third-order valence-corrected chi connectivity index (χ3v) is 7.86. The topological polar surface area (TPSA) is 123 Å². The molecule has 0 aliphatic carbocycles. The van der Waals surface area contributed by atoms with E-state index in [2.05, 4.69) is 16.0 Å². The fraction of sp³-hybridized carbons (Fsp3) is 0.265. The lowest BCUT2D eigenvalue weighted by atomic mass is 9.99. The summed E-state index contributed by atoms with van der Waals surface area (Å²) in [6.45, 7) is 3.93. The quantitative estimate of drug-likeness (QED) is 0.203. The Bertz CT molecular complexity index is 1690. The molecule has 0 fully saturated rings. The van der Waals surface area contributed by atoms with E-state index in [1.54, 1.807) is 35.9 Å². The molecule has 4 N–H and O–H groups in total. The van der Waals surface area contributed by atoms with Crippen molar-refractivity contribution in [1.29, 1.82) is 0 Å². The minimum absolute atomic E-state index is 0.203. The minimum Gasteiger partial charge on any atom is -0.487 e. The Morgan fingerprint density at radius 3 is 2.44 bits per heavy atom. The molecule has 0 bridgehead atoms. The molecule has 4 aromatic carbocycles. The number of anilines is 3. The molecule has 0 radical (unpaired) electrons. The van der Waals surface area contributed by atoms with Gasteiger partial charge in [-0.05, 0) is 60.8 Å². The Morgan fingerprint density at radius 1 is 1.00 bits per heavy atom. The van der Waals surface area contributed by atoms with E-state index >= 15 is 0 Å². The van der Waals surface area contributed by atoms with Crippen molar-refractivity contribution in [2.75, 3.05) is 42.7 Å². The van der Waals surface area contributed by atoms with E-state index in [1.165, 1.54) is 30.3 Å². The molecule has 0 spiro atoms. The highest BCUT2D eigenvalue weighted by molar-refractivity contribution is 6.03. The maximum atomic E-state index is 13.7. The lowest BCUT2D eigenvalue weighted by molar-refractivity contribution is 0.0371. The number of benzene rings is 4. The number of nitrogens with zero attached hydrogens (tertiary/aromatic N) is 2. The number of hydrogen-bond acceptors (Lipinski definition) is 5. The van der Waals surface area contributed by atoms with Crippen molar-refractivity contribution in [3.05, 3.63) is 96.3 Å². The van der Waals surface area contributed by atoms with E-state index in [0.717, 1.165) is 10.8 Å². The van der Waals surface area contributed by atoms with Crippen LogP contribution in [0.25, 0.3) is 10.8 Å².